The van der Waals surface area contributed by atoms with E-state index in [2.05, 4.69) is 15.0 Å². The standard InChI is InChI=1S/C29H28N4O4/c1-29(2,3)37-28(35)33-17-14-19(15-18-33)22-7-6-16-30-27(22)36-21-12-10-20(11-13-21)25(34)26-31-23-8-4-5-9-24(23)32-26/h4-14,16H,15,17-18H2,1-3H3,(H,31,32). The lowest BCUT2D eigenvalue weighted by Gasteiger charge is -2.29. The molecule has 0 unspecified atom stereocenters. The SMILES string of the molecule is CC(C)(C)OC(=O)N1CC=C(c2cccnc2Oc2ccc(C(=O)c3nc4ccccc4[nH]3)cc2)CC1. The summed E-state index contributed by atoms with van der Waals surface area (Å²) in [7, 11) is 0. The van der Waals surface area contributed by atoms with Crippen molar-refractivity contribution in [1.82, 2.24) is 19.9 Å². The van der Waals surface area contributed by atoms with Crippen LogP contribution in [0, 0.1) is 0 Å². The fourth-order valence-corrected chi connectivity index (χ4v) is 4.11. The van der Waals surface area contributed by atoms with E-state index in [0.717, 1.165) is 22.2 Å². The lowest BCUT2D eigenvalue weighted by atomic mass is 10.0. The van der Waals surface area contributed by atoms with Crippen molar-refractivity contribution in [3.8, 4) is 11.6 Å². The summed E-state index contributed by atoms with van der Waals surface area (Å²) in [6, 6.07) is 18.3. The number of nitrogens with zero attached hydrogens (tertiary/aromatic N) is 3. The van der Waals surface area contributed by atoms with Gasteiger partial charge in [-0.1, -0.05) is 18.2 Å². The Morgan fingerprint density at radius 2 is 1.78 bits per heavy atom. The third-order valence-electron chi connectivity index (χ3n) is 5.91. The van der Waals surface area contributed by atoms with Gasteiger partial charge in [-0.15, -0.1) is 0 Å². The second-order valence-corrected chi connectivity index (χ2v) is 9.82. The number of para-hydroxylation sites is 2. The molecule has 1 N–H and O–H groups in total. The molecule has 1 amide bonds. The number of amides is 1. The van der Waals surface area contributed by atoms with Crippen LogP contribution in [0.15, 0.2) is 72.9 Å². The van der Waals surface area contributed by atoms with Crippen molar-refractivity contribution in [3.05, 3.63) is 89.9 Å². The van der Waals surface area contributed by atoms with Gasteiger partial charge in [0, 0.05) is 30.4 Å². The highest BCUT2D eigenvalue weighted by molar-refractivity contribution is 6.08. The maximum absolute atomic E-state index is 12.9. The topological polar surface area (TPSA) is 97.4 Å². The Bertz CT molecular complexity index is 1450. The van der Waals surface area contributed by atoms with E-state index in [1.807, 2.05) is 63.2 Å². The number of hydrogen-bond donors (Lipinski definition) is 1. The summed E-state index contributed by atoms with van der Waals surface area (Å²) in [5, 5.41) is 0. The molecule has 0 saturated heterocycles. The molecule has 8 nitrogen and oxygen atoms in total. The Kier molecular flexibility index (Phi) is 6.48. The summed E-state index contributed by atoms with van der Waals surface area (Å²) in [6.07, 6.45) is 4.02. The monoisotopic (exact) mass is 496 g/mol. The number of H-pyrrole nitrogens is 1. The van der Waals surface area contributed by atoms with Gasteiger partial charge in [-0.3, -0.25) is 4.79 Å². The number of rotatable bonds is 5. The van der Waals surface area contributed by atoms with Gasteiger partial charge in [0.1, 0.15) is 11.4 Å². The molecule has 0 atom stereocenters. The number of aromatic nitrogens is 3. The zero-order valence-electron chi connectivity index (χ0n) is 21.0. The highest BCUT2D eigenvalue weighted by Gasteiger charge is 2.25. The van der Waals surface area contributed by atoms with Crippen molar-refractivity contribution < 1.29 is 19.1 Å². The van der Waals surface area contributed by atoms with Crippen molar-refractivity contribution in [3.63, 3.8) is 0 Å². The fraction of sp³-hybridized carbons (Fsp3) is 0.241. The maximum Gasteiger partial charge on any atom is 0.410 e. The minimum atomic E-state index is -0.530. The molecule has 5 rings (SSSR count). The molecular weight excluding hydrogens is 468 g/mol. The van der Waals surface area contributed by atoms with Gasteiger partial charge in [-0.25, -0.2) is 14.8 Å². The van der Waals surface area contributed by atoms with Gasteiger partial charge in [0.2, 0.25) is 11.7 Å². The lowest BCUT2D eigenvalue weighted by Crippen LogP contribution is -2.39. The van der Waals surface area contributed by atoms with Crippen LogP contribution in [-0.4, -0.2) is 50.4 Å². The van der Waals surface area contributed by atoms with E-state index in [0.29, 0.717) is 42.5 Å². The van der Waals surface area contributed by atoms with Crippen LogP contribution >= 0.6 is 0 Å². The Labute approximate surface area is 215 Å². The number of benzene rings is 2. The van der Waals surface area contributed by atoms with Crippen molar-refractivity contribution >= 4 is 28.5 Å². The molecule has 0 fully saturated rings. The predicted molar refractivity (Wildman–Crippen MR) is 141 cm³/mol. The zero-order chi connectivity index (χ0) is 26.0. The van der Waals surface area contributed by atoms with Crippen molar-refractivity contribution in [2.24, 2.45) is 0 Å². The average Bonchev–Trinajstić information content (AvgIpc) is 3.33. The highest BCUT2D eigenvalue weighted by atomic mass is 16.6. The number of imidazole rings is 1. The van der Waals surface area contributed by atoms with Crippen molar-refractivity contribution in [1.29, 1.82) is 0 Å². The van der Waals surface area contributed by atoms with Gasteiger partial charge in [-0.05, 0) is 81.3 Å². The van der Waals surface area contributed by atoms with E-state index in [-0.39, 0.29) is 11.9 Å². The molecule has 2 aromatic carbocycles. The third-order valence-corrected chi connectivity index (χ3v) is 5.91. The number of pyridine rings is 1. The molecule has 0 radical (unpaired) electrons. The molecule has 4 aromatic rings. The number of carbonyl (C=O) groups excluding carboxylic acids is 2. The van der Waals surface area contributed by atoms with E-state index in [1.54, 1.807) is 35.4 Å². The van der Waals surface area contributed by atoms with Crippen LogP contribution in [0.2, 0.25) is 0 Å². The van der Waals surface area contributed by atoms with E-state index in [4.69, 9.17) is 9.47 Å². The number of aromatic amines is 1. The Morgan fingerprint density at radius 1 is 1.00 bits per heavy atom. The molecule has 0 saturated carbocycles. The van der Waals surface area contributed by atoms with Crippen molar-refractivity contribution in [2.45, 2.75) is 32.8 Å². The van der Waals surface area contributed by atoms with Gasteiger partial charge in [0.25, 0.3) is 0 Å². The van der Waals surface area contributed by atoms with Crippen LogP contribution in [0.1, 0.15) is 48.9 Å². The first-order chi connectivity index (χ1) is 17.8. The molecule has 3 heterocycles. The van der Waals surface area contributed by atoms with E-state index >= 15 is 0 Å². The van der Waals surface area contributed by atoms with Gasteiger partial charge >= 0.3 is 6.09 Å². The molecule has 1 aliphatic rings. The lowest BCUT2D eigenvalue weighted by molar-refractivity contribution is 0.0270. The molecule has 2 aromatic heterocycles. The molecular formula is C29H28N4O4. The maximum atomic E-state index is 12.9. The molecule has 0 bridgehead atoms. The summed E-state index contributed by atoms with van der Waals surface area (Å²) in [6.45, 7) is 6.58. The number of ether oxygens (including phenoxy) is 2. The van der Waals surface area contributed by atoms with Gasteiger partial charge in [0.15, 0.2) is 5.82 Å². The second-order valence-electron chi connectivity index (χ2n) is 9.82. The molecule has 1 aliphatic heterocycles. The normalized spacial score (nSPS) is 13.8. The predicted octanol–water partition coefficient (Wildman–Crippen LogP) is 6.01. The number of carbonyl (C=O) groups is 2. The minimum absolute atomic E-state index is 0.192. The van der Waals surface area contributed by atoms with Crippen LogP contribution in [-0.2, 0) is 4.74 Å². The van der Waals surface area contributed by atoms with Gasteiger partial charge in [-0.2, -0.15) is 0 Å². The first kappa shape index (κ1) is 24.2. The van der Waals surface area contributed by atoms with E-state index in [1.165, 1.54) is 0 Å². The third kappa shape index (κ3) is 5.53. The Balaban J connectivity index is 1.29. The summed E-state index contributed by atoms with van der Waals surface area (Å²) < 4.78 is 11.6. The zero-order valence-corrected chi connectivity index (χ0v) is 21.0. The minimum Gasteiger partial charge on any atom is -0.444 e. The Hall–Kier alpha value is -4.46. The quantitative estimate of drug-likeness (QED) is 0.340. The second kappa shape index (κ2) is 9.89. The molecule has 0 aliphatic carbocycles. The molecule has 8 heteroatoms. The molecule has 37 heavy (non-hydrogen) atoms. The van der Waals surface area contributed by atoms with Crippen molar-refractivity contribution in [2.75, 3.05) is 13.1 Å². The van der Waals surface area contributed by atoms with Crippen LogP contribution in [0.3, 0.4) is 0 Å². The van der Waals surface area contributed by atoms with Crippen LogP contribution in [0.25, 0.3) is 16.6 Å². The summed E-state index contributed by atoms with van der Waals surface area (Å²) in [5.41, 5.74) is 3.47. The average molecular weight is 497 g/mol. The first-order valence-electron chi connectivity index (χ1n) is 12.2. The van der Waals surface area contributed by atoms with E-state index in [9.17, 15) is 9.59 Å². The number of hydrogen-bond acceptors (Lipinski definition) is 6. The summed E-state index contributed by atoms with van der Waals surface area (Å²) in [5.74, 6) is 1.14. The largest absolute Gasteiger partial charge is 0.444 e. The molecule has 188 valence electrons. The summed E-state index contributed by atoms with van der Waals surface area (Å²) >= 11 is 0. The number of fused-ring (bicyclic) bond motifs is 1. The molecule has 0 spiro atoms. The van der Waals surface area contributed by atoms with Crippen LogP contribution < -0.4 is 4.74 Å². The van der Waals surface area contributed by atoms with Gasteiger partial charge in [0.05, 0.1) is 11.0 Å². The van der Waals surface area contributed by atoms with E-state index < -0.39 is 5.60 Å². The first-order valence-corrected chi connectivity index (χ1v) is 12.2. The highest BCUT2D eigenvalue weighted by Crippen LogP contribution is 2.32. The number of ketones is 1. The van der Waals surface area contributed by atoms with Gasteiger partial charge < -0.3 is 19.4 Å². The smallest absolute Gasteiger partial charge is 0.410 e. The summed E-state index contributed by atoms with van der Waals surface area (Å²) in [4.78, 5) is 38.9. The Morgan fingerprint density at radius 3 is 2.49 bits per heavy atom. The van der Waals surface area contributed by atoms with Crippen LogP contribution in [0.5, 0.6) is 11.6 Å². The van der Waals surface area contributed by atoms with Crippen LogP contribution in [0.4, 0.5) is 4.79 Å². The number of nitrogens with one attached hydrogen (secondary N) is 1. The fourth-order valence-electron chi connectivity index (χ4n) is 4.11.